The molecule has 2 saturated heterocycles. The van der Waals surface area contributed by atoms with Crippen molar-refractivity contribution in [2.75, 3.05) is 26.4 Å². The first kappa shape index (κ1) is 87.9. The summed E-state index contributed by atoms with van der Waals surface area (Å²) in [5.41, 5.74) is 0. The van der Waals surface area contributed by atoms with Gasteiger partial charge in [0.2, 0.25) is 0 Å². The Morgan fingerprint density at radius 2 is 0.729 bits per heavy atom. The van der Waals surface area contributed by atoms with Crippen LogP contribution >= 0.6 is 7.82 Å². The zero-order valence-electron chi connectivity index (χ0n) is 58.7. The fourth-order valence-corrected chi connectivity index (χ4v) is 13.4. The minimum absolute atomic E-state index is 0.0278. The lowest BCUT2D eigenvalue weighted by Crippen LogP contribution is -2.69. The second-order valence-corrected chi connectivity index (χ2v) is 28.4. The number of ether oxygens (including phenoxy) is 7. The summed E-state index contributed by atoms with van der Waals surface area (Å²) in [5.74, 6) is -2.00. The number of rotatable bonds is 58. The summed E-state index contributed by atoms with van der Waals surface area (Å²) in [6.45, 7) is 3.42. The van der Waals surface area contributed by atoms with E-state index in [1.807, 2.05) is 0 Å². The van der Waals surface area contributed by atoms with E-state index in [2.05, 4.69) is 32.9 Å². The molecule has 0 aromatic carbocycles. The van der Waals surface area contributed by atoms with Crippen LogP contribution in [0.5, 0.6) is 0 Å². The fourth-order valence-electron chi connectivity index (χ4n) is 12.4. The topological polar surface area (TPSA) is 374 Å². The van der Waals surface area contributed by atoms with Gasteiger partial charge in [-0.15, -0.1) is 0 Å². The van der Waals surface area contributed by atoms with Gasteiger partial charge in [0.1, 0.15) is 98.7 Å². The van der Waals surface area contributed by atoms with Crippen molar-refractivity contribution >= 4 is 25.7 Å². The first-order chi connectivity index (χ1) is 46.3. The van der Waals surface area contributed by atoms with Gasteiger partial charge in [0.15, 0.2) is 18.7 Å². The minimum Gasteiger partial charge on any atom is -0.463 e. The number of esters is 3. The largest absolute Gasteiger partial charge is 0.472 e. The van der Waals surface area contributed by atoms with Gasteiger partial charge in [-0.3, -0.25) is 23.4 Å². The number of hydrogen-bond donors (Lipinski definition) is 11. The van der Waals surface area contributed by atoms with Gasteiger partial charge in [-0.25, -0.2) is 4.57 Å². The maximum Gasteiger partial charge on any atom is 0.472 e. The van der Waals surface area contributed by atoms with Crippen LogP contribution in [0.3, 0.4) is 0 Å². The maximum atomic E-state index is 14.3. The second-order valence-electron chi connectivity index (χ2n) is 27.0. The number of hydrogen-bond acceptors (Lipinski definition) is 23. The lowest BCUT2D eigenvalue weighted by atomic mass is 9.84. The number of unbranched alkanes of at least 4 members (excludes halogenated alkanes) is 35. The molecule has 0 spiro atoms. The maximum absolute atomic E-state index is 14.3. The summed E-state index contributed by atoms with van der Waals surface area (Å²) in [6, 6.07) is 0. The Morgan fingerprint density at radius 3 is 1.14 bits per heavy atom. The van der Waals surface area contributed by atoms with Gasteiger partial charge in [0.05, 0.1) is 13.2 Å². The van der Waals surface area contributed by atoms with Crippen molar-refractivity contribution in [1.29, 1.82) is 0 Å². The minimum atomic E-state index is -5.69. The van der Waals surface area contributed by atoms with Crippen LogP contribution in [-0.4, -0.2) is 204 Å². The molecule has 18 atom stereocenters. The molecule has 1 aliphatic carbocycles. The Kier molecular flexibility index (Phi) is 49.0. The molecule has 3 fully saturated rings. The monoisotopic (exact) mass is 1400 g/mol. The van der Waals surface area contributed by atoms with Crippen molar-refractivity contribution < 1.29 is 117 Å². The summed E-state index contributed by atoms with van der Waals surface area (Å²) in [7, 11) is -5.69. The van der Waals surface area contributed by atoms with E-state index < -0.39 is 156 Å². The number of carbonyl (C=O) groups excluding carboxylic acids is 3. The molecule has 96 heavy (non-hydrogen) atoms. The molecule has 2 heterocycles. The summed E-state index contributed by atoms with van der Waals surface area (Å²) < 4.78 is 65.0. The molecule has 1 saturated carbocycles. The van der Waals surface area contributed by atoms with Crippen molar-refractivity contribution in [2.45, 2.75) is 395 Å². The zero-order valence-corrected chi connectivity index (χ0v) is 59.6. The first-order valence-corrected chi connectivity index (χ1v) is 39.0. The zero-order chi connectivity index (χ0) is 70.4. The van der Waals surface area contributed by atoms with Crippen LogP contribution in [0, 0.1) is 0 Å². The van der Waals surface area contributed by atoms with Crippen LogP contribution in [0.4, 0.5) is 0 Å². The number of allylic oxidation sites excluding steroid dienone is 2. The standard InChI is InChI=1S/C71H131O24P/c1-4-7-10-13-16-19-22-25-26-27-29-32-35-38-41-44-47-57(75)90-52(49-87-55(73)45-42-39-36-34-31-28-23-20-17-14-11-8-5-2)50-89-96(85,86)95-69-67(93-70-65(83)60(78)58(76)53(48-72)91-70)63(81)62(80)64(82)68(69)94-71-66(84)61(79)59(77)54(92-71)51-88-56(74)46-43-40-37-33-30-24-21-18-15-12-9-6-3/h28,31,52-54,58-72,76-84H,4-27,29-30,32-51H2,1-3H3,(H,85,86)/b31-28-. The predicted octanol–water partition coefficient (Wildman–Crippen LogP) is 9.96. The molecule has 2 aliphatic heterocycles. The molecule has 3 aliphatic rings. The van der Waals surface area contributed by atoms with Gasteiger partial charge in [-0.05, 0) is 44.9 Å². The lowest BCUT2D eigenvalue weighted by molar-refractivity contribution is -0.360. The van der Waals surface area contributed by atoms with Crippen molar-refractivity contribution in [3.8, 4) is 0 Å². The number of phosphoric ester groups is 1. The SMILES string of the molecule is CCCCCCCC/C=C\CCCCCC(=O)OCC(COP(=O)(O)OC1C(OC2OC(CO)C(O)C(O)C2O)C(O)C(O)C(O)C1OC1OC(COC(=O)CCCCCCCCCCCCCC)C(O)C(O)C1O)OC(=O)CCCCCCCCCCCCCCCCCC. The van der Waals surface area contributed by atoms with Gasteiger partial charge in [-0.2, -0.15) is 0 Å². The van der Waals surface area contributed by atoms with E-state index in [0.29, 0.717) is 19.3 Å². The van der Waals surface area contributed by atoms with E-state index in [4.69, 9.17) is 42.2 Å². The van der Waals surface area contributed by atoms with E-state index in [1.165, 1.54) is 135 Å². The van der Waals surface area contributed by atoms with Gasteiger partial charge >= 0.3 is 25.7 Å². The highest BCUT2D eigenvalue weighted by Crippen LogP contribution is 2.49. The third kappa shape index (κ3) is 36.5. The number of aliphatic hydroxyl groups excluding tert-OH is 10. The van der Waals surface area contributed by atoms with E-state index in [1.54, 1.807) is 0 Å². The van der Waals surface area contributed by atoms with Crippen LogP contribution in [0.25, 0.3) is 0 Å². The summed E-state index contributed by atoms with van der Waals surface area (Å²) in [6.07, 6.45) is 11.5. The van der Waals surface area contributed by atoms with Crippen LogP contribution < -0.4 is 0 Å². The average Bonchev–Trinajstić information content (AvgIpc) is 0.763. The van der Waals surface area contributed by atoms with E-state index in [-0.39, 0.29) is 19.3 Å². The summed E-state index contributed by atoms with van der Waals surface area (Å²) >= 11 is 0. The smallest absolute Gasteiger partial charge is 0.463 e. The predicted molar refractivity (Wildman–Crippen MR) is 361 cm³/mol. The molecule has 11 N–H and O–H groups in total. The lowest BCUT2D eigenvalue weighted by Gasteiger charge is -2.49. The molecule has 0 aromatic heterocycles. The molecule has 3 rings (SSSR count). The van der Waals surface area contributed by atoms with Crippen molar-refractivity contribution in [1.82, 2.24) is 0 Å². The molecule has 0 aromatic rings. The number of carbonyl (C=O) groups is 3. The summed E-state index contributed by atoms with van der Waals surface area (Å²) in [5, 5.41) is 110. The van der Waals surface area contributed by atoms with E-state index >= 15 is 0 Å². The van der Waals surface area contributed by atoms with Crippen LogP contribution in [0.15, 0.2) is 12.2 Å². The fraction of sp³-hybridized carbons (Fsp3) is 0.930. The van der Waals surface area contributed by atoms with Gasteiger partial charge in [0.25, 0.3) is 0 Å². The molecule has 24 nitrogen and oxygen atoms in total. The second kappa shape index (κ2) is 53.5. The van der Waals surface area contributed by atoms with Crippen LogP contribution in [0.2, 0.25) is 0 Å². The highest BCUT2D eigenvalue weighted by Gasteiger charge is 2.58. The Bertz CT molecular complexity index is 2040. The van der Waals surface area contributed by atoms with E-state index in [0.717, 1.165) is 96.3 Å². The molecule has 25 heteroatoms. The molecule has 18 unspecified atom stereocenters. The van der Waals surface area contributed by atoms with Crippen molar-refractivity contribution in [2.24, 2.45) is 0 Å². The quantitative estimate of drug-likeness (QED) is 0.00886. The number of aliphatic hydroxyl groups is 10. The summed E-state index contributed by atoms with van der Waals surface area (Å²) in [4.78, 5) is 50.9. The normalized spacial score (nSPS) is 28.0. The molecular weight excluding hydrogens is 1270 g/mol. The van der Waals surface area contributed by atoms with Crippen molar-refractivity contribution in [3.63, 3.8) is 0 Å². The van der Waals surface area contributed by atoms with Crippen molar-refractivity contribution in [3.05, 3.63) is 12.2 Å². The van der Waals surface area contributed by atoms with E-state index in [9.17, 15) is 74.9 Å². The molecule has 564 valence electrons. The van der Waals surface area contributed by atoms with Gasteiger partial charge < -0.3 is 89.1 Å². The van der Waals surface area contributed by atoms with Gasteiger partial charge in [-0.1, -0.05) is 238 Å². The van der Waals surface area contributed by atoms with Crippen LogP contribution in [0.1, 0.15) is 290 Å². The molecule has 0 bridgehead atoms. The third-order valence-electron chi connectivity index (χ3n) is 18.5. The molecular formula is C71H131O24P. The molecule has 0 radical (unpaired) electrons. The Hall–Kier alpha value is -2.30. The van der Waals surface area contributed by atoms with Gasteiger partial charge in [0, 0.05) is 19.3 Å². The first-order valence-electron chi connectivity index (χ1n) is 37.5. The Labute approximate surface area is 573 Å². The molecule has 0 amide bonds. The number of phosphoric acid groups is 1. The Morgan fingerprint density at radius 1 is 0.396 bits per heavy atom. The average molecular weight is 1400 g/mol. The Balaban J connectivity index is 1.74. The van der Waals surface area contributed by atoms with Crippen LogP contribution in [-0.2, 0) is 61.2 Å². The highest BCUT2D eigenvalue weighted by atomic mass is 31.2. The highest BCUT2D eigenvalue weighted by molar-refractivity contribution is 7.47. The third-order valence-corrected chi connectivity index (χ3v) is 19.5.